The number of nitrogens with one attached hydrogen (secondary N) is 3. The highest BCUT2D eigenvalue weighted by Gasteiger charge is 2.16. The average Bonchev–Trinajstić information content (AvgIpc) is 2.76. The van der Waals surface area contributed by atoms with Crippen LogP contribution < -0.4 is 14.8 Å². The summed E-state index contributed by atoms with van der Waals surface area (Å²) in [7, 11) is -6.07. The van der Waals surface area contributed by atoms with Crippen molar-refractivity contribution in [1.29, 1.82) is 0 Å². The average molecular weight is 474 g/mol. The van der Waals surface area contributed by atoms with Gasteiger partial charge in [-0.1, -0.05) is 6.07 Å². The third kappa shape index (κ3) is 5.34. The van der Waals surface area contributed by atoms with Crippen molar-refractivity contribution in [3.8, 4) is 0 Å². The minimum Gasteiger partial charge on any atom is -0.322 e. The minimum absolute atomic E-state index is 0.0221. The summed E-state index contributed by atoms with van der Waals surface area (Å²) in [4.78, 5) is 12.6. The van der Waals surface area contributed by atoms with Crippen LogP contribution in [0.25, 0.3) is 0 Å². The van der Waals surface area contributed by atoms with Crippen LogP contribution in [0.4, 0.5) is 11.4 Å². The molecule has 0 aromatic heterocycles. The first-order valence-corrected chi connectivity index (χ1v) is 12.5. The molecular weight excluding hydrogens is 450 g/mol. The maximum atomic E-state index is 12.6. The summed E-state index contributed by atoms with van der Waals surface area (Å²) < 4.78 is 53.6. The van der Waals surface area contributed by atoms with Gasteiger partial charge in [-0.05, 0) is 92.7 Å². The molecule has 3 aromatic rings. The molecule has 0 saturated carbocycles. The molecule has 0 saturated heterocycles. The molecular formula is C22H23N3O5S2. The number of rotatable bonds is 7. The molecule has 1 amide bonds. The van der Waals surface area contributed by atoms with Gasteiger partial charge in [-0.3, -0.25) is 9.52 Å². The molecule has 3 rings (SSSR count). The first-order chi connectivity index (χ1) is 15.0. The minimum atomic E-state index is -3.81. The molecule has 0 heterocycles. The molecule has 0 radical (unpaired) electrons. The van der Waals surface area contributed by atoms with Crippen LogP contribution in [0, 0.1) is 13.8 Å². The zero-order chi connectivity index (χ0) is 23.5. The monoisotopic (exact) mass is 473 g/mol. The van der Waals surface area contributed by atoms with Crippen LogP contribution in [0.15, 0.2) is 76.5 Å². The summed E-state index contributed by atoms with van der Waals surface area (Å²) in [6, 6.07) is 16.5. The molecule has 168 valence electrons. The van der Waals surface area contributed by atoms with E-state index in [1.807, 2.05) is 19.9 Å². The first kappa shape index (κ1) is 23.5. The van der Waals surface area contributed by atoms with Gasteiger partial charge in [0.15, 0.2) is 0 Å². The van der Waals surface area contributed by atoms with E-state index in [1.54, 1.807) is 12.1 Å². The fourth-order valence-corrected chi connectivity index (χ4v) is 4.62. The second-order valence-corrected chi connectivity index (χ2v) is 10.7. The largest absolute Gasteiger partial charge is 0.322 e. The second kappa shape index (κ2) is 9.11. The lowest BCUT2D eigenvalue weighted by atomic mass is 10.1. The summed E-state index contributed by atoms with van der Waals surface area (Å²) in [5.41, 5.74) is 3.13. The van der Waals surface area contributed by atoms with Crippen molar-refractivity contribution in [3.05, 3.63) is 83.4 Å². The van der Waals surface area contributed by atoms with Crippen molar-refractivity contribution < 1.29 is 21.6 Å². The molecule has 0 bridgehead atoms. The highest BCUT2D eigenvalue weighted by Crippen LogP contribution is 2.20. The molecule has 8 nitrogen and oxygen atoms in total. The summed E-state index contributed by atoms with van der Waals surface area (Å²) in [5.74, 6) is -0.458. The van der Waals surface area contributed by atoms with Crippen LogP contribution in [0.5, 0.6) is 0 Å². The van der Waals surface area contributed by atoms with Crippen LogP contribution in [0.3, 0.4) is 0 Å². The molecule has 10 heteroatoms. The summed E-state index contributed by atoms with van der Waals surface area (Å²) in [5, 5.41) is 2.65. The number of hydrogen-bond acceptors (Lipinski definition) is 5. The van der Waals surface area contributed by atoms with Gasteiger partial charge in [-0.25, -0.2) is 21.6 Å². The number of benzene rings is 3. The third-order valence-electron chi connectivity index (χ3n) is 4.88. The Kier molecular flexibility index (Phi) is 6.68. The van der Waals surface area contributed by atoms with Crippen molar-refractivity contribution in [1.82, 2.24) is 4.72 Å². The smallest absolute Gasteiger partial charge is 0.261 e. The van der Waals surface area contributed by atoms with Gasteiger partial charge in [0.25, 0.3) is 15.9 Å². The number of aryl methyl sites for hydroxylation is 2. The van der Waals surface area contributed by atoms with E-state index in [4.69, 9.17) is 0 Å². The Morgan fingerprint density at radius 3 is 1.78 bits per heavy atom. The molecule has 0 aliphatic carbocycles. The molecule has 3 N–H and O–H groups in total. The number of carbonyl (C=O) groups excluding carboxylic acids is 1. The molecule has 0 spiro atoms. The lowest BCUT2D eigenvalue weighted by Gasteiger charge is -2.11. The molecule has 0 unspecified atom stereocenters. The van der Waals surface area contributed by atoms with Crippen molar-refractivity contribution in [3.63, 3.8) is 0 Å². The Bertz CT molecular complexity index is 1350. The SMILES string of the molecule is CNS(=O)(=O)c1ccc(NC(=O)c2ccc(S(=O)(=O)Nc3ccc(C)c(C)c3)cc2)cc1. The van der Waals surface area contributed by atoms with Gasteiger partial charge in [-0.2, -0.15) is 0 Å². The fraction of sp³-hybridized carbons (Fsp3) is 0.136. The van der Waals surface area contributed by atoms with E-state index >= 15 is 0 Å². The highest BCUT2D eigenvalue weighted by atomic mass is 32.2. The fourth-order valence-electron chi connectivity index (χ4n) is 2.84. The standard InChI is InChI=1S/C22H23N3O5S2/c1-15-4-7-19(14-16(15)2)25-32(29,30)21-10-5-17(6-11-21)22(26)24-18-8-12-20(13-9-18)31(27,28)23-3/h4-14,23,25H,1-3H3,(H,24,26). The zero-order valence-corrected chi connectivity index (χ0v) is 19.3. The Morgan fingerprint density at radius 1 is 0.688 bits per heavy atom. The van der Waals surface area contributed by atoms with Gasteiger partial charge >= 0.3 is 0 Å². The number of hydrogen-bond donors (Lipinski definition) is 3. The van der Waals surface area contributed by atoms with Crippen LogP contribution in [-0.2, 0) is 20.0 Å². The quantitative estimate of drug-likeness (QED) is 0.486. The first-order valence-electron chi connectivity index (χ1n) is 9.57. The Hall–Kier alpha value is -3.21. The molecule has 0 atom stereocenters. The van der Waals surface area contributed by atoms with Crippen LogP contribution in [-0.4, -0.2) is 29.8 Å². The Morgan fingerprint density at radius 2 is 1.22 bits per heavy atom. The summed E-state index contributed by atoms with van der Waals surface area (Å²) in [6.45, 7) is 3.84. The molecule has 0 aliphatic rings. The second-order valence-electron chi connectivity index (χ2n) is 7.11. The predicted molar refractivity (Wildman–Crippen MR) is 124 cm³/mol. The molecule has 0 fully saturated rings. The van der Waals surface area contributed by atoms with Gasteiger partial charge in [0.1, 0.15) is 0 Å². The molecule has 32 heavy (non-hydrogen) atoms. The topological polar surface area (TPSA) is 121 Å². The maximum Gasteiger partial charge on any atom is 0.261 e. The van der Waals surface area contributed by atoms with Crippen molar-refractivity contribution in [2.75, 3.05) is 17.1 Å². The lowest BCUT2D eigenvalue weighted by Crippen LogP contribution is -2.18. The Balaban J connectivity index is 1.71. The van der Waals surface area contributed by atoms with E-state index in [2.05, 4.69) is 14.8 Å². The van der Waals surface area contributed by atoms with E-state index in [0.717, 1.165) is 11.1 Å². The molecule has 0 aliphatic heterocycles. The van der Waals surface area contributed by atoms with Crippen LogP contribution in [0.2, 0.25) is 0 Å². The van der Waals surface area contributed by atoms with Crippen LogP contribution in [0.1, 0.15) is 21.5 Å². The predicted octanol–water partition coefficient (Wildman–Crippen LogP) is 3.26. The van der Waals surface area contributed by atoms with Gasteiger partial charge in [0.2, 0.25) is 10.0 Å². The summed E-state index contributed by atoms with van der Waals surface area (Å²) in [6.07, 6.45) is 0. The van der Waals surface area contributed by atoms with E-state index in [0.29, 0.717) is 11.4 Å². The number of carbonyl (C=O) groups is 1. The van der Waals surface area contributed by atoms with E-state index in [-0.39, 0.29) is 15.4 Å². The van der Waals surface area contributed by atoms with Gasteiger partial charge < -0.3 is 5.32 Å². The van der Waals surface area contributed by atoms with Gasteiger partial charge in [0.05, 0.1) is 9.79 Å². The normalized spacial score (nSPS) is 11.7. The lowest BCUT2D eigenvalue weighted by molar-refractivity contribution is 0.102. The summed E-state index contributed by atoms with van der Waals surface area (Å²) >= 11 is 0. The van der Waals surface area contributed by atoms with Gasteiger partial charge in [-0.15, -0.1) is 0 Å². The number of anilines is 2. The van der Waals surface area contributed by atoms with E-state index in [9.17, 15) is 21.6 Å². The highest BCUT2D eigenvalue weighted by molar-refractivity contribution is 7.92. The van der Waals surface area contributed by atoms with Crippen molar-refractivity contribution in [2.24, 2.45) is 0 Å². The maximum absolute atomic E-state index is 12.6. The van der Waals surface area contributed by atoms with E-state index in [1.165, 1.54) is 55.6 Å². The number of sulfonamides is 2. The zero-order valence-electron chi connectivity index (χ0n) is 17.7. The van der Waals surface area contributed by atoms with E-state index < -0.39 is 26.0 Å². The molecule has 3 aromatic carbocycles. The van der Waals surface area contributed by atoms with Gasteiger partial charge in [0, 0.05) is 16.9 Å². The van der Waals surface area contributed by atoms with Crippen molar-refractivity contribution >= 4 is 37.3 Å². The van der Waals surface area contributed by atoms with Crippen molar-refractivity contribution in [2.45, 2.75) is 23.6 Å². The third-order valence-corrected chi connectivity index (χ3v) is 7.70. The number of amides is 1. The Labute approximate surface area is 187 Å². The van der Waals surface area contributed by atoms with Crippen LogP contribution >= 0.6 is 0 Å².